The van der Waals surface area contributed by atoms with Crippen molar-refractivity contribution < 1.29 is 10.1 Å². The van der Waals surface area contributed by atoms with Crippen LogP contribution >= 0.6 is 11.3 Å². The highest BCUT2D eigenvalue weighted by molar-refractivity contribution is 7.10. The van der Waals surface area contributed by atoms with Gasteiger partial charge in [-0.15, -0.1) is 11.3 Å². The third-order valence-electron chi connectivity index (χ3n) is 5.13. The number of benzene rings is 1. The maximum atomic E-state index is 12.7. The summed E-state index contributed by atoms with van der Waals surface area (Å²) in [4.78, 5) is 14.0. The van der Waals surface area contributed by atoms with E-state index in [1.807, 2.05) is 6.92 Å². The molecule has 3 nitrogen and oxygen atoms in total. The summed E-state index contributed by atoms with van der Waals surface area (Å²) in [5, 5.41) is 7.57. The van der Waals surface area contributed by atoms with Gasteiger partial charge in [-0.1, -0.05) is 55.2 Å². The van der Waals surface area contributed by atoms with Crippen molar-refractivity contribution in [1.82, 2.24) is 5.32 Å². The summed E-state index contributed by atoms with van der Waals surface area (Å²) in [6, 6.07) is 13.4. The second-order valence-corrected chi connectivity index (χ2v) is 8.21. The molecule has 1 aromatic heterocycles. The van der Waals surface area contributed by atoms with Gasteiger partial charge in [0.2, 0.25) is 0 Å². The van der Waals surface area contributed by atoms with Crippen molar-refractivity contribution in [3.63, 3.8) is 0 Å². The predicted octanol–water partition coefficient (Wildman–Crippen LogP) is 3.55. The fourth-order valence-electron chi connectivity index (χ4n) is 3.57. The van der Waals surface area contributed by atoms with Gasteiger partial charge in [-0.05, 0) is 38.1 Å². The zero-order valence-corrected chi connectivity index (χ0v) is 16.0. The smallest absolute Gasteiger partial charge is 0.278 e. The number of hydrogen-bond donors (Lipinski definition) is 2. The lowest BCUT2D eigenvalue weighted by molar-refractivity contribution is -0.704. The minimum absolute atomic E-state index is 0.102. The Morgan fingerprint density at radius 3 is 2.52 bits per heavy atom. The molecule has 1 saturated carbocycles. The molecule has 1 aromatic carbocycles. The maximum Gasteiger partial charge on any atom is 0.278 e. The number of carbonyl (C=O) groups is 1. The normalized spacial score (nSPS) is 17.8. The molecule has 1 aliphatic carbocycles. The lowest BCUT2D eigenvalue weighted by Crippen LogP contribution is -2.92. The van der Waals surface area contributed by atoms with Crippen molar-refractivity contribution in [3.05, 3.63) is 57.8 Å². The number of nitrogens with two attached hydrogens (primary N) is 1. The number of hydrogen-bond acceptors (Lipinski definition) is 2. The van der Waals surface area contributed by atoms with Crippen LogP contribution in [0.1, 0.15) is 61.1 Å². The molecule has 1 heterocycles. The zero-order chi connectivity index (χ0) is 17.6. The average molecular weight is 358 g/mol. The van der Waals surface area contributed by atoms with Gasteiger partial charge in [0.05, 0.1) is 4.88 Å². The first kappa shape index (κ1) is 18.2. The van der Waals surface area contributed by atoms with Gasteiger partial charge in [-0.2, -0.15) is 0 Å². The Morgan fingerprint density at radius 2 is 1.88 bits per heavy atom. The lowest BCUT2D eigenvalue weighted by atomic mass is 9.95. The van der Waals surface area contributed by atoms with Gasteiger partial charge in [0, 0.05) is 11.6 Å². The molecule has 0 bridgehead atoms. The van der Waals surface area contributed by atoms with Crippen LogP contribution in [-0.2, 0) is 4.79 Å². The highest BCUT2D eigenvalue weighted by Gasteiger charge is 2.27. The van der Waals surface area contributed by atoms with Gasteiger partial charge in [0.1, 0.15) is 6.04 Å². The van der Waals surface area contributed by atoms with Crippen molar-refractivity contribution in [1.29, 1.82) is 0 Å². The Bertz CT molecular complexity index is 660. The Hall–Kier alpha value is -1.65. The molecule has 1 amide bonds. The van der Waals surface area contributed by atoms with E-state index >= 15 is 0 Å². The molecule has 0 saturated heterocycles. The standard InChI is InChI=1S/C21H28N2OS/c1-15-10-12-17(13-11-15)20(19-9-6-14-25-19)22-16(2)21(24)23-18-7-4-3-5-8-18/h6,9-14,16,18,20,22H,3-5,7-8H2,1-2H3,(H,23,24)/p+1/t16-,20+/m1/s1. The molecule has 0 spiro atoms. The van der Waals surface area contributed by atoms with Gasteiger partial charge in [0.15, 0.2) is 6.04 Å². The fourth-order valence-corrected chi connectivity index (χ4v) is 4.40. The van der Waals surface area contributed by atoms with E-state index < -0.39 is 0 Å². The summed E-state index contributed by atoms with van der Waals surface area (Å²) >= 11 is 1.76. The van der Waals surface area contributed by atoms with E-state index in [-0.39, 0.29) is 18.0 Å². The molecule has 3 N–H and O–H groups in total. The van der Waals surface area contributed by atoms with Crippen LogP contribution in [0, 0.1) is 6.92 Å². The Labute approximate surface area is 154 Å². The van der Waals surface area contributed by atoms with Crippen molar-refractivity contribution in [3.8, 4) is 0 Å². The quantitative estimate of drug-likeness (QED) is 0.816. The van der Waals surface area contributed by atoms with Crippen LogP contribution in [0.3, 0.4) is 0 Å². The minimum Gasteiger partial charge on any atom is -0.348 e. The van der Waals surface area contributed by atoms with Gasteiger partial charge in [0.25, 0.3) is 5.91 Å². The van der Waals surface area contributed by atoms with E-state index in [1.165, 1.54) is 35.3 Å². The van der Waals surface area contributed by atoms with Crippen molar-refractivity contribution in [2.24, 2.45) is 0 Å². The first-order valence-electron chi connectivity index (χ1n) is 9.39. The largest absolute Gasteiger partial charge is 0.348 e. The molecule has 1 aliphatic rings. The van der Waals surface area contributed by atoms with Crippen molar-refractivity contribution in [2.75, 3.05) is 0 Å². The fraction of sp³-hybridized carbons (Fsp3) is 0.476. The molecular weight excluding hydrogens is 328 g/mol. The van der Waals surface area contributed by atoms with Crippen LogP contribution in [-0.4, -0.2) is 18.0 Å². The summed E-state index contributed by atoms with van der Waals surface area (Å²) < 4.78 is 0. The second kappa shape index (κ2) is 8.63. The van der Waals surface area contributed by atoms with E-state index in [9.17, 15) is 4.79 Å². The Balaban J connectivity index is 1.69. The molecule has 0 radical (unpaired) electrons. The Morgan fingerprint density at radius 1 is 1.16 bits per heavy atom. The summed E-state index contributed by atoms with van der Waals surface area (Å²) in [6.07, 6.45) is 6.05. The number of nitrogens with one attached hydrogen (secondary N) is 1. The van der Waals surface area contributed by atoms with Gasteiger partial charge >= 0.3 is 0 Å². The molecule has 1 fully saturated rings. The van der Waals surface area contributed by atoms with E-state index in [1.54, 1.807) is 11.3 Å². The zero-order valence-electron chi connectivity index (χ0n) is 15.2. The minimum atomic E-state index is -0.102. The van der Waals surface area contributed by atoms with Crippen LogP contribution in [0.2, 0.25) is 0 Å². The second-order valence-electron chi connectivity index (χ2n) is 7.23. The molecule has 25 heavy (non-hydrogen) atoms. The van der Waals surface area contributed by atoms with E-state index in [0.29, 0.717) is 6.04 Å². The molecule has 0 aliphatic heterocycles. The first-order valence-corrected chi connectivity index (χ1v) is 10.3. The molecule has 2 aromatic rings. The van der Waals surface area contributed by atoms with Crippen LogP contribution in [0.25, 0.3) is 0 Å². The van der Waals surface area contributed by atoms with E-state index in [2.05, 4.69) is 59.3 Å². The van der Waals surface area contributed by atoms with Gasteiger partial charge in [-0.3, -0.25) is 4.79 Å². The third-order valence-corrected chi connectivity index (χ3v) is 6.09. The number of rotatable bonds is 6. The SMILES string of the molecule is Cc1ccc([C@H]([NH2+][C@H](C)C(=O)NC2CCCCC2)c2cccs2)cc1. The molecule has 134 valence electrons. The molecule has 2 atom stereocenters. The van der Waals surface area contributed by atoms with Gasteiger partial charge < -0.3 is 10.6 Å². The predicted molar refractivity (Wildman–Crippen MR) is 104 cm³/mol. The van der Waals surface area contributed by atoms with Crippen LogP contribution in [0.5, 0.6) is 0 Å². The lowest BCUT2D eigenvalue weighted by Gasteiger charge is -2.25. The number of thiophene rings is 1. The summed E-state index contributed by atoms with van der Waals surface area (Å²) in [6.45, 7) is 4.13. The average Bonchev–Trinajstić information content (AvgIpc) is 3.15. The van der Waals surface area contributed by atoms with Crippen LogP contribution < -0.4 is 10.6 Å². The summed E-state index contributed by atoms with van der Waals surface area (Å²) in [5.41, 5.74) is 2.52. The molecule has 0 unspecified atom stereocenters. The highest BCUT2D eigenvalue weighted by atomic mass is 32.1. The van der Waals surface area contributed by atoms with Crippen LogP contribution in [0.4, 0.5) is 0 Å². The van der Waals surface area contributed by atoms with Crippen molar-refractivity contribution >= 4 is 17.2 Å². The maximum absolute atomic E-state index is 12.7. The monoisotopic (exact) mass is 357 g/mol. The molecular formula is C21H29N2OS+. The summed E-state index contributed by atoms with van der Waals surface area (Å²) in [5.74, 6) is 0.167. The van der Waals surface area contributed by atoms with E-state index in [4.69, 9.17) is 0 Å². The number of carbonyl (C=O) groups excluding carboxylic acids is 1. The topological polar surface area (TPSA) is 45.7 Å². The molecule has 3 rings (SSSR count). The Kier molecular flexibility index (Phi) is 6.27. The number of quaternary nitrogens is 1. The van der Waals surface area contributed by atoms with Crippen LogP contribution in [0.15, 0.2) is 41.8 Å². The number of aryl methyl sites for hydroxylation is 1. The first-order chi connectivity index (χ1) is 12.1. The molecule has 4 heteroatoms. The summed E-state index contributed by atoms with van der Waals surface area (Å²) in [7, 11) is 0. The van der Waals surface area contributed by atoms with Crippen molar-refractivity contribution in [2.45, 2.75) is 64.1 Å². The number of amides is 1. The van der Waals surface area contributed by atoms with E-state index in [0.717, 1.165) is 12.8 Å². The highest BCUT2D eigenvalue weighted by Crippen LogP contribution is 2.23. The third kappa shape index (κ3) is 4.93. The van der Waals surface area contributed by atoms with Gasteiger partial charge in [-0.25, -0.2) is 0 Å².